The zero-order valence-electron chi connectivity index (χ0n) is 12.7. The molecule has 0 heterocycles. The van der Waals surface area contributed by atoms with Gasteiger partial charge in [0, 0.05) is 25.3 Å². The van der Waals surface area contributed by atoms with Crippen molar-refractivity contribution in [2.75, 3.05) is 19.0 Å². The number of methoxy groups -OCH3 is 1. The fourth-order valence-electron chi connectivity index (χ4n) is 1.78. The standard InChI is InChI=1S/C14H15F3N2O5/c1-7(20)18-10-4-8(3-9(5-10)14(15,16)17)12(21)19-11(6-24-2)13(22)23/h3-5,11H,6H2,1-2H3,(H,18,20)(H,19,21)(H,22,23). The minimum atomic E-state index is -4.75. The number of hydrogen-bond acceptors (Lipinski definition) is 4. The highest BCUT2D eigenvalue weighted by atomic mass is 19.4. The normalized spacial score (nSPS) is 12.4. The van der Waals surface area contributed by atoms with Gasteiger partial charge in [0.25, 0.3) is 5.91 Å². The van der Waals surface area contributed by atoms with Crippen molar-refractivity contribution < 1.29 is 37.4 Å². The summed E-state index contributed by atoms with van der Waals surface area (Å²) in [5, 5.41) is 13.1. The van der Waals surface area contributed by atoms with Crippen molar-refractivity contribution in [1.29, 1.82) is 0 Å². The van der Waals surface area contributed by atoms with E-state index in [1.165, 1.54) is 7.11 Å². The van der Waals surface area contributed by atoms with E-state index in [9.17, 15) is 27.6 Å². The number of ether oxygens (including phenoxy) is 1. The Bertz CT molecular complexity index is 646. The number of hydrogen-bond donors (Lipinski definition) is 3. The first kappa shape index (κ1) is 19.4. The molecule has 1 unspecified atom stereocenters. The fraction of sp³-hybridized carbons (Fsp3) is 0.357. The van der Waals surface area contributed by atoms with Crippen LogP contribution in [0.1, 0.15) is 22.8 Å². The van der Waals surface area contributed by atoms with Crippen molar-refractivity contribution in [1.82, 2.24) is 5.32 Å². The molecule has 1 atom stereocenters. The first-order valence-electron chi connectivity index (χ1n) is 6.57. The second kappa shape index (κ2) is 7.77. The summed E-state index contributed by atoms with van der Waals surface area (Å²) < 4.78 is 43.3. The van der Waals surface area contributed by atoms with E-state index in [1.54, 1.807) is 0 Å². The zero-order chi connectivity index (χ0) is 18.5. The Morgan fingerprint density at radius 3 is 2.33 bits per heavy atom. The summed E-state index contributed by atoms with van der Waals surface area (Å²) in [5.74, 6) is -3.07. The topological polar surface area (TPSA) is 105 Å². The summed E-state index contributed by atoms with van der Waals surface area (Å²) in [7, 11) is 1.21. The molecule has 1 aromatic carbocycles. The van der Waals surface area contributed by atoms with Crippen LogP contribution in [0.25, 0.3) is 0 Å². The number of anilines is 1. The van der Waals surface area contributed by atoms with Crippen LogP contribution in [0.5, 0.6) is 0 Å². The summed E-state index contributed by atoms with van der Waals surface area (Å²) in [6, 6.07) is 0.813. The van der Waals surface area contributed by atoms with Crippen LogP contribution < -0.4 is 10.6 Å². The Balaban J connectivity index is 3.18. The molecule has 0 saturated carbocycles. The van der Waals surface area contributed by atoms with Gasteiger partial charge in [0.2, 0.25) is 5.91 Å². The number of rotatable bonds is 6. The molecule has 0 saturated heterocycles. The minimum absolute atomic E-state index is 0.235. The number of amides is 2. The van der Waals surface area contributed by atoms with E-state index in [0.717, 1.165) is 13.0 Å². The molecule has 1 aromatic rings. The van der Waals surface area contributed by atoms with Crippen LogP contribution in [0.3, 0.4) is 0 Å². The molecule has 132 valence electrons. The lowest BCUT2D eigenvalue weighted by molar-refractivity contribution is -0.140. The summed E-state index contributed by atoms with van der Waals surface area (Å²) in [6.45, 7) is 0.734. The van der Waals surface area contributed by atoms with Crippen LogP contribution in [0, 0.1) is 0 Å². The molecule has 0 radical (unpaired) electrons. The lowest BCUT2D eigenvalue weighted by atomic mass is 10.1. The van der Waals surface area contributed by atoms with Crippen molar-refractivity contribution in [2.24, 2.45) is 0 Å². The van der Waals surface area contributed by atoms with E-state index in [4.69, 9.17) is 5.11 Å². The summed E-state index contributed by atoms with van der Waals surface area (Å²) >= 11 is 0. The van der Waals surface area contributed by atoms with Crippen LogP contribution in [0.15, 0.2) is 18.2 Å². The number of carbonyl (C=O) groups excluding carboxylic acids is 2. The molecular formula is C14H15F3N2O5. The zero-order valence-corrected chi connectivity index (χ0v) is 12.7. The number of carboxylic acids is 1. The summed E-state index contributed by atoms with van der Waals surface area (Å²) in [6.07, 6.45) is -4.75. The van der Waals surface area contributed by atoms with Gasteiger partial charge in [-0.3, -0.25) is 9.59 Å². The van der Waals surface area contributed by atoms with Gasteiger partial charge in [-0.05, 0) is 18.2 Å². The highest BCUT2D eigenvalue weighted by Gasteiger charge is 2.32. The molecule has 0 aliphatic rings. The number of nitrogens with one attached hydrogen (secondary N) is 2. The Morgan fingerprint density at radius 2 is 1.88 bits per heavy atom. The highest BCUT2D eigenvalue weighted by molar-refractivity contribution is 5.98. The Morgan fingerprint density at radius 1 is 1.25 bits per heavy atom. The maximum atomic E-state index is 12.9. The quantitative estimate of drug-likeness (QED) is 0.722. The van der Waals surface area contributed by atoms with E-state index in [0.29, 0.717) is 12.1 Å². The number of halogens is 3. The van der Waals surface area contributed by atoms with Gasteiger partial charge >= 0.3 is 12.1 Å². The van der Waals surface area contributed by atoms with Gasteiger partial charge in [0.15, 0.2) is 6.04 Å². The smallest absolute Gasteiger partial charge is 0.416 e. The molecule has 0 aromatic heterocycles. The van der Waals surface area contributed by atoms with Crippen LogP contribution in [0.4, 0.5) is 18.9 Å². The number of aliphatic carboxylic acids is 1. The lowest BCUT2D eigenvalue weighted by Gasteiger charge is -2.16. The molecule has 0 aliphatic heterocycles. The van der Waals surface area contributed by atoms with Crippen LogP contribution in [-0.2, 0) is 20.5 Å². The molecule has 0 aliphatic carbocycles. The molecule has 3 N–H and O–H groups in total. The third-order valence-corrected chi connectivity index (χ3v) is 2.78. The molecule has 2 amide bonds. The van der Waals surface area contributed by atoms with Gasteiger partial charge < -0.3 is 20.5 Å². The van der Waals surface area contributed by atoms with Gasteiger partial charge in [-0.1, -0.05) is 0 Å². The maximum Gasteiger partial charge on any atom is 0.416 e. The largest absolute Gasteiger partial charge is 0.480 e. The van der Waals surface area contributed by atoms with Crippen LogP contribution in [0.2, 0.25) is 0 Å². The van der Waals surface area contributed by atoms with Crippen molar-refractivity contribution in [3.05, 3.63) is 29.3 Å². The third kappa shape index (κ3) is 5.54. The van der Waals surface area contributed by atoms with E-state index < -0.39 is 41.1 Å². The maximum absolute atomic E-state index is 12.9. The molecule has 0 spiro atoms. The molecule has 10 heteroatoms. The van der Waals surface area contributed by atoms with Gasteiger partial charge in [-0.25, -0.2) is 4.79 Å². The van der Waals surface area contributed by atoms with Crippen molar-refractivity contribution in [3.63, 3.8) is 0 Å². The van der Waals surface area contributed by atoms with E-state index in [2.05, 4.69) is 10.1 Å². The van der Waals surface area contributed by atoms with E-state index in [-0.39, 0.29) is 12.3 Å². The average Bonchev–Trinajstić information content (AvgIpc) is 2.44. The monoisotopic (exact) mass is 348 g/mol. The van der Waals surface area contributed by atoms with Crippen molar-refractivity contribution in [2.45, 2.75) is 19.1 Å². The van der Waals surface area contributed by atoms with Crippen LogP contribution in [-0.4, -0.2) is 42.6 Å². The lowest BCUT2D eigenvalue weighted by Crippen LogP contribution is -2.43. The Hall–Kier alpha value is -2.62. The van der Waals surface area contributed by atoms with E-state index in [1.807, 2.05) is 5.32 Å². The van der Waals surface area contributed by atoms with Gasteiger partial charge in [-0.2, -0.15) is 13.2 Å². The van der Waals surface area contributed by atoms with Gasteiger partial charge in [0.1, 0.15) is 0 Å². The second-order valence-corrected chi connectivity index (χ2v) is 4.80. The summed E-state index contributed by atoms with van der Waals surface area (Å²) in [5.41, 5.74) is -1.84. The number of alkyl halides is 3. The molecule has 7 nitrogen and oxygen atoms in total. The number of carbonyl (C=O) groups is 3. The minimum Gasteiger partial charge on any atom is -0.480 e. The first-order chi connectivity index (χ1) is 11.0. The third-order valence-electron chi connectivity index (χ3n) is 2.78. The average molecular weight is 348 g/mol. The highest BCUT2D eigenvalue weighted by Crippen LogP contribution is 2.32. The van der Waals surface area contributed by atoms with Gasteiger partial charge in [-0.15, -0.1) is 0 Å². The van der Waals surface area contributed by atoms with E-state index >= 15 is 0 Å². The SMILES string of the molecule is COCC(NC(=O)c1cc(NC(C)=O)cc(C(F)(F)F)c1)C(=O)O. The molecule has 0 fully saturated rings. The predicted molar refractivity (Wildman–Crippen MR) is 76.5 cm³/mol. The predicted octanol–water partition coefficient (Wildman–Crippen LogP) is 1.49. The molecule has 24 heavy (non-hydrogen) atoms. The van der Waals surface area contributed by atoms with Crippen molar-refractivity contribution in [3.8, 4) is 0 Å². The number of carboxylic acid groups (broad SMARTS) is 1. The number of benzene rings is 1. The second-order valence-electron chi connectivity index (χ2n) is 4.80. The fourth-order valence-corrected chi connectivity index (χ4v) is 1.78. The molecule has 1 rings (SSSR count). The molecule has 0 bridgehead atoms. The Kier molecular flexibility index (Phi) is 6.29. The van der Waals surface area contributed by atoms with Crippen molar-refractivity contribution >= 4 is 23.5 Å². The first-order valence-corrected chi connectivity index (χ1v) is 6.57. The van der Waals surface area contributed by atoms with Crippen LogP contribution >= 0.6 is 0 Å². The molecular weight excluding hydrogens is 333 g/mol. The van der Waals surface area contributed by atoms with Gasteiger partial charge in [0.05, 0.1) is 12.2 Å². The Labute approximate surface area is 134 Å². The summed E-state index contributed by atoms with van der Waals surface area (Å²) in [4.78, 5) is 34.0.